The zero-order valence-corrected chi connectivity index (χ0v) is 19.2. The number of guanidine groups is 1. The van der Waals surface area contributed by atoms with Gasteiger partial charge in [-0.05, 0) is 25.1 Å². The summed E-state index contributed by atoms with van der Waals surface area (Å²) in [6.07, 6.45) is 0. The Morgan fingerprint density at radius 1 is 1.07 bits per heavy atom. The predicted octanol–water partition coefficient (Wildman–Crippen LogP) is 3.01. The second-order valence-electron chi connectivity index (χ2n) is 6.60. The van der Waals surface area contributed by atoms with Gasteiger partial charge in [0.1, 0.15) is 5.75 Å². The fraction of sp³-hybridized carbons (Fsp3) is 0.381. The maximum atomic E-state index is 10.3. The van der Waals surface area contributed by atoms with Crippen molar-refractivity contribution in [1.29, 1.82) is 0 Å². The first-order valence-electron chi connectivity index (χ1n) is 9.55. The second kappa shape index (κ2) is 11.0. The van der Waals surface area contributed by atoms with Gasteiger partial charge in [-0.15, -0.1) is 24.0 Å². The molecule has 0 bridgehead atoms. The SMILES string of the molecule is CCNC(=NCc1cccc(OC)c1O)N1CCN(c2ccccc2O)CC1.I. The van der Waals surface area contributed by atoms with E-state index in [2.05, 4.69) is 15.1 Å². The molecule has 7 nitrogen and oxygen atoms in total. The third kappa shape index (κ3) is 5.59. The number of nitrogens with one attached hydrogen (secondary N) is 1. The number of aromatic hydroxyl groups is 2. The van der Waals surface area contributed by atoms with Crippen LogP contribution in [0.25, 0.3) is 0 Å². The molecule has 0 saturated carbocycles. The fourth-order valence-electron chi connectivity index (χ4n) is 3.34. The summed E-state index contributed by atoms with van der Waals surface area (Å²) in [5.74, 6) is 1.72. The van der Waals surface area contributed by atoms with E-state index in [1.165, 1.54) is 7.11 Å². The van der Waals surface area contributed by atoms with E-state index >= 15 is 0 Å². The number of hydrogen-bond acceptors (Lipinski definition) is 5. The summed E-state index contributed by atoms with van der Waals surface area (Å²) in [5.41, 5.74) is 1.59. The number of halogens is 1. The van der Waals surface area contributed by atoms with Crippen molar-refractivity contribution in [2.24, 2.45) is 4.99 Å². The Kier molecular flexibility index (Phi) is 8.69. The molecule has 1 fully saturated rings. The Hall–Kier alpha value is -2.36. The highest BCUT2D eigenvalue weighted by Crippen LogP contribution is 2.30. The minimum absolute atomic E-state index is 0. The Labute approximate surface area is 189 Å². The molecule has 158 valence electrons. The molecule has 1 saturated heterocycles. The summed E-state index contributed by atoms with van der Waals surface area (Å²) in [6.45, 7) is 6.36. The van der Waals surface area contributed by atoms with Crippen LogP contribution < -0.4 is 15.0 Å². The van der Waals surface area contributed by atoms with Gasteiger partial charge in [0.2, 0.25) is 0 Å². The molecule has 0 amide bonds. The van der Waals surface area contributed by atoms with Crippen LogP contribution in [0.4, 0.5) is 5.69 Å². The molecular formula is C21H29IN4O3. The molecule has 1 heterocycles. The van der Waals surface area contributed by atoms with E-state index in [0.29, 0.717) is 18.0 Å². The van der Waals surface area contributed by atoms with Crippen molar-refractivity contribution in [2.45, 2.75) is 13.5 Å². The topological polar surface area (TPSA) is 80.6 Å². The largest absolute Gasteiger partial charge is 0.506 e. The molecule has 0 unspecified atom stereocenters. The van der Waals surface area contributed by atoms with Crippen molar-refractivity contribution in [3.05, 3.63) is 48.0 Å². The summed E-state index contributed by atoms with van der Waals surface area (Å²) in [7, 11) is 1.54. The summed E-state index contributed by atoms with van der Waals surface area (Å²) in [4.78, 5) is 9.10. The summed E-state index contributed by atoms with van der Waals surface area (Å²) in [5, 5.41) is 23.7. The number of rotatable bonds is 5. The lowest BCUT2D eigenvalue weighted by Crippen LogP contribution is -2.52. The average Bonchev–Trinajstić information content (AvgIpc) is 2.72. The van der Waals surface area contributed by atoms with Gasteiger partial charge in [-0.3, -0.25) is 0 Å². The summed E-state index contributed by atoms with van der Waals surface area (Å²) in [6, 6.07) is 12.9. The molecule has 3 rings (SSSR count). The van der Waals surface area contributed by atoms with Gasteiger partial charge >= 0.3 is 0 Å². The Balaban J connectivity index is 0.00000300. The molecule has 0 spiro atoms. The number of ether oxygens (including phenoxy) is 1. The molecule has 3 N–H and O–H groups in total. The van der Waals surface area contributed by atoms with Gasteiger partial charge in [-0.1, -0.05) is 24.3 Å². The molecule has 2 aromatic carbocycles. The Morgan fingerprint density at radius 3 is 2.45 bits per heavy atom. The highest BCUT2D eigenvalue weighted by Gasteiger charge is 2.21. The molecule has 1 aliphatic rings. The maximum absolute atomic E-state index is 10.3. The first-order chi connectivity index (χ1) is 13.6. The Bertz CT molecular complexity index is 823. The van der Waals surface area contributed by atoms with E-state index in [1.807, 2.05) is 37.3 Å². The lowest BCUT2D eigenvalue weighted by molar-refractivity contribution is 0.367. The van der Waals surface area contributed by atoms with E-state index in [1.54, 1.807) is 12.1 Å². The highest BCUT2D eigenvalue weighted by molar-refractivity contribution is 14.0. The molecule has 8 heteroatoms. The summed E-state index contributed by atoms with van der Waals surface area (Å²) >= 11 is 0. The number of para-hydroxylation sites is 3. The van der Waals surface area contributed by atoms with E-state index in [0.717, 1.165) is 49.9 Å². The number of phenols is 2. The van der Waals surface area contributed by atoms with Crippen molar-refractivity contribution in [3.63, 3.8) is 0 Å². The van der Waals surface area contributed by atoms with Gasteiger partial charge in [0.15, 0.2) is 17.5 Å². The average molecular weight is 512 g/mol. The number of aliphatic imine (C=N–C) groups is 1. The monoisotopic (exact) mass is 512 g/mol. The smallest absolute Gasteiger partial charge is 0.194 e. The van der Waals surface area contributed by atoms with Crippen LogP contribution in [0.1, 0.15) is 12.5 Å². The summed E-state index contributed by atoms with van der Waals surface area (Å²) < 4.78 is 5.17. The van der Waals surface area contributed by atoms with Crippen molar-refractivity contribution >= 4 is 35.6 Å². The van der Waals surface area contributed by atoms with E-state index in [-0.39, 0.29) is 29.7 Å². The van der Waals surface area contributed by atoms with E-state index in [4.69, 9.17) is 9.73 Å². The van der Waals surface area contributed by atoms with Crippen LogP contribution in [-0.4, -0.2) is 60.9 Å². The number of phenolic OH excluding ortho intramolecular Hbond substituents is 2. The first kappa shape index (κ1) is 22.9. The zero-order chi connectivity index (χ0) is 19.9. The van der Waals surface area contributed by atoms with Gasteiger partial charge in [0.05, 0.1) is 19.3 Å². The fourth-order valence-corrected chi connectivity index (χ4v) is 3.34. The van der Waals surface area contributed by atoms with Crippen LogP contribution in [-0.2, 0) is 6.54 Å². The molecule has 0 aliphatic carbocycles. The lowest BCUT2D eigenvalue weighted by atomic mass is 10.2. The van der Waals surface area contributed by atoms with Crippen molar-refractivity contribution in [1.82, 2.24) is 10.2 Å². The van der Waals surface area contributed by atoms with Gasteiger partial charge in [0.25, 0.3) is 0 Å². The lowest BCUT2D eigenvalue weighted by Gasteiger charge is -2.37. The van der Waals surface area contributed by atoms with E-state index < -0.39 is 0 Å². The van der Waals surface area contributed by atoms with Crippen LogP contribution in [0, 0.1) is 0 Å². The molecule has 0 atom stereocenters. The number of hydrogen-bond donors (Lipinski definition) is 3. The van der Waals surface area contributed by atoms with Gasteiger partial charge in [0, 0.05) is 38.3 Å². The Morgan fingerprint density at radius 2 is 1.79 bits per heavy atom. The molecule has 2 aromatic rings. The van der Waals surface area contributed by atoms with E-state index in [9.17, 15) is 10.2 Å². The van der Waals surface area contributed by atoms with Crippen LogP contribution in [0.15, 0.2) is 47.5 Å². The minimum Gasteiger partial charge on any atom is -0.506 e. The zero-order valence-electron chi connectivity index (χ0n) is 16.8. The van der Waals surface area contributed by atoms with Crippen molar-refractivity contribution in [3.8, 4) is 17.2 Å². The van der Waals surface area contributed by atoms with Gasteiger partial charge in [-0.25, -0.2) is 4.99 Å². The number of benzene rings is 2. The van der Waals surface area contributed by atoms with Gasteiger partial charge < -0.3 is 30.1 Å². The number of piperazine rings is 1. The number of anilines is 1. The molecule has 29 heavy (non-hydrogen) atoms. The molecule has 0 radical (unpaired) electrons. The third-order valence-electron chi connectivity index (χ3n) is 4.84. The van der Waals surface area contributed by atoms with Gasteiger partial charge in [-0.2, -0.15) is 0 Å². The first-order valence-corrected chi connectivity index (χ1v) is 9.55. The van der Waals surface area contributed by atoms with Crippen LogP contribution in [0.2, 0.25) is 0 Å². The maximum Gasteiger partial charge on any atom is 0.194 e. The third-order valence-corrected chi connectivity index (χ3v) is 4.84. The molecule has 0 aromatic heterocycles. The number of methoxy groups -OCH3 is 1. The second-order valence-corrected chi connectivity index (χ2v) is 6.60. The quantitative estimate of drug-likeness (QED) is 0.325. The normalized spacial score (nSPS) is 14.3. The minimum atomic E-state index is 0. The van der Waals surface area contributed by atoms with Crippen LogP contribution >= 0.6 is 24.0 Å². The molecular weight excluding hydrogens is 483 g/mol. The van der Waals surface area contributed by atoms with Crippen molar-refractivity contribution in [2.75, 3.05) is 44.7 Å². The number of nitrogens with zero attached hydrogens (tertiary/aromatic N) is 3. The standard InChI is InChI=1S/C21H28N4O3.HI/c1-3-22-21(23-15-16-7-6-10-19(28-2)20(16)27)25-13-11-24(12-14-25)17-8-4-5-9-18(17)26;/h4-10,26-27H,3,11-15H2,1-2H3,(H,22,23);1H. The molecule has 1 aliphatic heterocycles. The highest BCUT2D eigenvalue weighted by atomic mass is 127. The van der Waals surface area contributed by atoms with Crippen molar-refractivity contribution < 1.29 is 14.9 Å². The van der Waals surface area contributed by atoms with Crippen LogP contribution in [0.5, 0.6) is 17.2 Å². The predicted molar refractivity (Wildman–Crippen MR) is 127 cm³/mol. The van der Waals surface area contributed by atoms with Crippen LogP contribution in [0.3, 0.4) is 0 Å².